The van der Waals surface area contributed by atoms with E-state index < -0.39 is 0 Å². The third kappa shape index (κ3) is 8.23. The fourth-order valence-electron chi connectivity index (χ4n) is 4.45. The van der Waals surface area contributed by atoms with Crippen LogP contribution in [0.3, 0.4) is 0 Å². The molecule has 1 saturated carbocycles. The van der Waals surface area contributed by atoms with Gasteiger partial charge in [-0.15, -0.1) is 6.58 Å². The molecular formula is C22H41Br. The van der Waals surface area contributed by atoms with Crippen LogP contribution in [0.1, 0.15) is 97.8 Å². The quantitative estimate of drug-likeness (QED) is 0.181. The monoisotopic (exact) mass is 384 g/mol. The zero-order valence-corrected chi connectivity index (χ0v) is 17.6. The molecule has 0 aromatic rings. The van der Waals surface area contributed by atoms with E-state index in [-0.39, 0.29) is 0 Å². The molecule has 0 aromatic carbocycles. The smallest absolute Gasteiger partial charge is 0.0211 e. The number of alkyl halides is 1. The van der Waals surface area contributed by atoms with Crippen molar-refractivity contribution in [3.63, 3.8) is 0 Å². The average molecular weight is 385 g/mol. The van der Waals surface area contributed by atoms with Crippen molar-refractivity contribution in [1.29, 1.82) is 0 Å². The van der Waals surface area contributed by atoms with E-state index in [1.807, 2.05) is 0 Å². The zero-order chi connectivity index (χ0) is 17.1. The van der Waals surface area contributed by atoms with E-state index in [1.54, 1.807) is 0 Å². The molecule has 0 spiro atoms. The second kappa shape index (κ2) is 12.6. The van der Waals surface area contributed by atoms with Crippen molar-refractivity contribution in [2.75, 3.05) is 0 Å². The zero-order valence-electron chi connectivity index (χ0n) is 16.0. The predicted octanol–water partition coefficient (Wildman–Crippen LogP) is 8.16. The molecule has 0 aliphatic heterocycles. The highest BCUT2D eigenvalue weighted by Gasteiger charge is 2.29. The fraction of sp³-hybridized carbons (Fsp3) is 0.909. The number of halogens is 1. The van der Waals surface area contributed by atoms with E-state index in [1.165, 1.54) is 70.6 Å². The molecule has 136 valence electrons. The van der Waals surface area contributed by atoms with Crippen LogP contribution in [0.5, 0.6) is 0 Å². The Hall–Kier alpha value is 0.220. The van der Waals surface area contributed by atoms with Crippen LogP contribution in [0.2, 0.25) is 0 Å². The Morgan fingerprint density at radius 2 is 1.61 bits per heavy atom. The minimum atomic E-state index is 0.650. The van der Waals surface area contributed by atoms with Crippen LogP contribution >= 0.6 is 15.9 Å². The van der Waals surface area contributed by atoms with Crippen molar-refractivity contribution < 1.29 is 0 Å². The average Bonchev–Trinajstić information content (AvgIpc) is 2.56. The van der Waals surface area contributed by atoms with Crippen LogP contribution in [0, 0.1) is 23.7 Å². The largest absolute Gasteiger partial charge is 0.103 e. The Balaban J connectivity index is 2.36. The van der Waals surface area contributed by atoms with Gasteiger partial charge in [0.25, 0.3) is 0 Å². The van der Waals surface area contributed by atoms with Crippen molar-refractivity contribution >= 4 is 15.9 Å². The van der Waals surface area contributed by atoms with Gasteiger partial charge >= 0.3 is 0 Å². The SMILES string of the molecule is C=CCC(Br)C(CCCCCC(CC)CC)C1CCC(C)CC1. The number of unbranched alkanes of at least 4 members (excludes halogenated alkanes) is 2. The van der Waals surface area contributed by atoms with Crippen molar-refractivity contribution in [2.45, 2.75) is 103 Å². The fourth-order valence-corrected chi connectivity index (χ4v) is 5.41. The van der Waals surface area contributed by atoms with Crippen molar-refractivity contribution in [1.82, 2.24) is 0 Å². The van der Waals surface area contributed by atoms with Crippen LogP contribution in [-0.2, 0) is 0 Å². The molecule has 23 heavy (non-hydrogen) atoms. The molecule has 0 bridgehead atoms. The van der Waals surface area contributed by atoms with Gasteiger partial charge in [0, 0.05) is 4.83 Å². The Bertz CT molecular complexity index is 286. The molecule has 0 saturated heterocycles. The lowest BCUT2D eigenvalue weighted by atomic mass is 9.73. The first-order valence-electron chi connectivity index (χ1n) is 10.4. The van der Waals surface area contributed by atoms with E-state index >= 15 is 0 Å². The summed E-state index contributed by atoms with van der Waals surface area (Å²) in [4.78, 5) is 0.650. The van der Waals surface area contributed by atoms with Crippen LogP contribution in [-0.4, -0.2) is 4.83 Å². The highest BCUT2D eigenvalue weighted by Crippen LogP contribution is 2.40. The van der Waals surface area contributed by atoms with Crippen LogP contribution < -0.4 is 0 Å². The van der Waals surface area contributed by atoms with E-state index in [2.05, 4.69) is 49.4 Å². The van der Waals surface area contributed by atoms with E-state index in [0.29, 0.717) is 4.83 Å². The Morgan fingerprint density at radius 3 is 2.17 bits per heavy atom. The molecule has 1 heteroatoms. The molecule has 0 N–H and O–H groups in total. The first-order chi connectivity index (χ1) is 11.1. The number of rotatable bonds is 12. The molecule has 0 heterocycles. The summed E-state index contributed by atoms with van der Waals surface area (Å²) in [6.45, 7) is 11.1. The van der Waals surface area contributed by atoms with Crippen molar-refractivity contribution in [2.24, 2.45) is 23.7 Å². The van der Waals surface area contributed by atoms with Crippen molar-refractivity contribution in [3.8, 4) is 0 Å². The summed E-state index contributed by atoms with van der Waals surface area (Å²) in [6, 6.07) is 0. The number of hydrogen-bond donors (Lipinski definition) is 0. The first-order valence-corrected chi connectivity index (χ1v) is 11.3. The minimum Gasteiger partial charge on any atom is -0.103 e. The van der Waals surface area contributed by atoms with E-state index in [0.717, 1.165) is 30.1 Å². The molecule has 1 aliphatic carbocycles. The minimum absolute atomic E-state index is 0.650. The first kappa shape index (κ1) is 21.3. The summed E-state index contributed by atoms with van der Waals surface area (Å²) in [6.07, 6.45) is 18.9. The summed E-state index contributed by atoms with van der Waals surface area (Å²) in [5.41, 5.74) is 0. The lowest BCUT2D eigenvalue weighted by Crippen LogP contribution is -2.27. The highest BCUT2D eigenvalue weighted by molar-refractivity contribution is 9.09. The van der Waals surface area contributed by atoms with Gasteiger partial charge in [0.05, 0.1) is 0 Å². The molecule has 1 rings (SSSR count). The Morgan fingerprint density at radius 1 is 1.00 bits per heavy atom. The lowest BCUT2D eigenvalue weighted by molar-refractivity contribution is 0.197. The summed E-state index contributed by atoms with van der Waals surface area (Å²) in [5.74, 6) is 3.75. The molecule has 2 unspecified atom stereocenters. The van der Waals surface area contributed by atoms with Gasteiger partial charge in [-0.3, -0.25) is 0 Å². The molecule has 0 aromatic heterocycles. The Kier molecular flexibility index (Phi) is 11.6. The summed E-state index contributed by atoms with van der Waals surface area (Å²) in [5, 5.41) is 0. The summed E-state index contributed by atoms with van der Waals surface area (Å²) >= 11 is 4.00. The maximum absolute atomic E-state index is 4.00. The van der Waals surface area contributed by atoms with E-state index in [9.17, 15) is 0 Å². The third-order valence-corrected chi connectivity index (χ3v) is 7.38. The van der Waals surface area contributed by atoms with Gasteiger partial charge in [-0.05, 0) is 49.4 Å². The van der Waals surface area contributed by atoms with Gasteiger partial charge < -0.3 is 0 Å². The van der Waals surface area contributed by atoms with Gasteiger partial charge in [0.2, 0.25) is 0 Å². The normalized spacial score (nSPS) is 24.6. The molecule has 0 nitrogen and oxygen atoms in total. The predicted molar refractivity (Wildman–Crippen MR) is 109 cm³/mol. The number of allylic oxidation sites excluding steroid dienone is 1. The molecule has 2 atom stereocenters. The highest BCUT2D eigenvalue weighted by atomic mass is 79.9. The maximum atomic E-state index is 4.00. The molecule has 0 radical (unpaired) electrons. The van der Waals surface area contributed by atoms with Crippen LogP contribution in [0.4, 0.5) is 0 Å². The summed E-state index contributed by atoms with van der Waals surface area (Å²) < 4.78 is 0. The van der Waals surface area contributed by atoms with Crippen LogP contribution in [0.25, 0.3) is 0 Å². The second-order valence-corrected chi connectivity index (χ2v) is 9.22. The lowest BCUT2D eigenvalue weighted by Gasteiger charge is -2.35. The molecular weight excluding hydrogens is 344 g/mol. The standard InChI is InChI=1S/C22H41Br/c1-5-11-22(23)21(20-16-14-18(4)15-17-20)13-10-8-9-12-19(6-2)7-3/h5,18-22H,1,6-17H2,2-4H3. The molecule has 0 amide bonds. The van der Waals surface area contributed by atoms with Gasteiger partial charge in [-0.25, -0.2) is 0 Å². The molecule has 1 fully saturated rings. The number of hydrogen-bond acceptors (Lipinski definition) is 0. The topological polar surface area (TPSA) is 0 Å². The van der Waals surface area contributed by atoms with Gasteiger partial charge in [-0.1, -0.05) is 94.1 Å². The van der Waals surface area contributed by atoms with Crippen molar-refractivity contribution in [3.05, 3.63) is 12.7 Å². The van der Waals surface area contributed by atoms with E-state index in [4.69, 9.17) is 0 Å². The summed E-state index contributed by atoms with van der Waals surface area (Å²) in [7, 11) is 0. The van der Waals surface area contributed by atoms with Gasteiger partial charge in [0.1, 0.15) is 0 Å². The second-order valence-electron chi connectivity index (χ2n) is 8.04. The molecule has 1 aliphatic rings. The van der Waals surface area contributed by atoms with Gasteiger partial charge in [-0.2, -0.15) is 0 Å². The van der Waals surface area contributed by atoms with Crippen LogP contribution in [0.15, 0.2) is 12.7 Å². The van der Waals surface area contributed by atoms with Gasteiger partial charge in [0.15, 0.2) is 0 Å². The third-order valence-electron chi connectivity index (χ3n) is 6.33. The maximum Gasteiger partial charge on any atom is 0.0211 e. The Labute approximate surface area is 155 Å².